The average molecular weight is 571 g/mol. The first-order valence-corrected chi connectivity index (χ1v) is 16.3. The molecule has 0 aromatic heterocycles. The molecule has 2 aromatic rings. The second kappa shape index (κ2) is 8.92. The number of fused-ring (bicyclic) bond motifs is 4. The van der Waals surface area contributed by atoms with E-state index in [9.17, 15) is 9.90 Å². The fourth-order valence-electron chi connectivity index (χ4n) is 11.0. The standard InChI is InChI=1S/C37H46O5/c1-33(2)21-41-37(42-22-33)15-14-35-18-25-16-24(23-6-5-7-26(17-23)40-4)8-9-27(25)29-19-34(3)30(10-11-31(34)38)28(32(29)35)12-13-36(35,39)20-37/h5-9,16-17,28-30,32,39H,10-15,18-22H2,1-4H3/t28-,29?,30-,32?,34-,35-,36+/m0/s1. The molecule has 224 valence electrons. The van der Waals surface area contributed by atoms with Gasteiger partial charge in [0.1, 0.15) is 11.5 Å². The maximum atomic E-state index is 13.5. The number of carbonyl (C=O) groups is 1. The molecule has 5 fully saturated rings. The second-order valence-corrected chi connectivity index (χ2v) is 15.9. The Bertz CT molecular complexity index is 1440. The molecular weight excluding hydrogens is 524 g/mol. The van der Waals surface area contributed by atoms with E-state index in [1.165, 1.54) is 16.7 Å². The summed E-state index contributed by atoms with van der Waals surface area (Å²) in [6, 6.07) is 15.3. The van der Waals surface area contributed by atoms with Crippen LogP contribution >= 0.6 is 0 Å². The lowest BCUT2D eigenvalue weighted by Gasteiger charge is -2.69. The molecule has 5 nitrogen and oxygen atoms in total. The van der Waals surface area contributed by atoms with E-state index >= 15 is 0 Å². The van der Waals surface area contributed by atoms with Crippen LogP contribution in [0.4, 0.5) is 0 Å². The minimum atomic E-state index is -0.855. The van der Waals surface area contributed by atoms with Gasteiger partial charge in [0.15, 0.2) is 5.79 Å². The van der Waals surface area contributed by atoms with Gasteiger partial charge in [-0.05, 0) is 96.6 Å². The van der Waals surface area contributed by atoms with E-state index in [1.54, 1.807) is 7.11 Å². The van der Waals surface area contributed by atoms with E-state index in [-0.39, 0.29) is 22.2 Å². The molecular formula is C37H46O5. The Kier molecular flexibility index (Phi) is 5.81. The summed E-state index contributed by atoms with van der Waals surface area (Å²) in [5, 5.41) is 13.0. The zero-order chi connectivity index (χ0) is 29.1. The van der Waals surface area contributed by atoms with Gasteiger partial charge >= 0.3 is 0 Å². The molecule has 0 amide bonds. The van der Waals surface area contributed by atoms with Crippen LogP contribution in [0.5, 0.6) is 5.75 Å². The predicted octanol–water partition coefficient (Wildman–Crippen LogP) is 7.09. The number of methoxy groups -OCH3 is 1. The summed E-state index contributed by atoms with van der Waals surface area (Å²) >= 11 is 0. The number of aliphatic hydroxyl groups is 1. The molecule has 6 aliphatic rings. The van der Waals surface area contributed by atoms with Crippen LogP contribution in [0.2, 0.25) is 0 Å². The molecule has 42 heavy (non-hydrogen) atoms. The minimum absolute atomic E-state index is 0.00506. The van der Waals surface area contributed by atoms with Gasteiger partial charge in [-0.15, -0.1) is 0 Å². The van der Waals surface area contributed by atoms with Crippen molar-refractivity contribution < 1.29 is 24.1 Å². The topological polar surface area (TPSA) is 65.0 Å². The molecule has 7 atom stereocenters. The molecule has 0 radical (unpaired) electrons. The molecule has 8 rings (SSSR count). The van der Waals surface area contributed by atoms with Crippen molar-refractivity contribution in [2.75, 3.05) is 20.3 Å². The zero-order valence-electron chi connectivity index (χ0n) is 25.7. The summed E-state index contributed by atoms with van der Waals surface area (Å²) in [5.41, 5.74) is 3.75. The third kappa shape index (κ3) is 3.69. The van der Waals surface area contributed by atoms with Crippen molar-refractivity contribution in [2.24, 2.45) is 34.0 Å². The van der Waals surface area contributed by atoms with Gasteiger partial charge in [-0.3, -0.25) is 4.79 Å². The number of ketones is 1. The molecule has 5 aliphatic carbocycles. The summed E-state index contributed by atoms with van der Waals surface area (Å²) in [5.74, 6) is 2.22. The van der Waals surface area contributed by atoms with E-state index in [4.69, 9.17) is 14.2 Å². The largest absolute Gasteiger partial charge is 0.497 e. The highest BCUT2D eigenvalue weighted by atomic mass is 16.7. The van der Waals surface area contributed by atoms with Crippen molar-refractivity contribution in [3.05, 3.63) is 53.6 Å². The van der Waals surface area contributed by atoms with Gasteiger partial charge in [0.05, 0.1) is 25.9 Å². The summed E-state index contributed by atoms with van der Waals surface area (Å²) in [7, 11) is 1.71. The highest BCUT2D eigenvalue weighted by Crippen LogP contribution is 2.73. The van der Waals surface area contributed by atoms with Crippen molar-refractivity contribution in [1.29, 1.82) is 0 Å². The van der Waals surface area contributed by atoms with E-state index in [0.717, 1.165) is 62.7 Å². The lowest BCUT2D eigenvalue weighted by atomic mass is 9.37. The first-order chi connectivity index (χ1) is 20.0. The van der Waals surface area contributed by atoms with Crippen LogP contribution < -0.4 is 4.74 Å². The first-order valence-electron chi connectivity index (χ1n) is 16.3. The van der Waals surface area contributed by atoms with Crippen molar-refractivity contribution in [3.8, 4) is 16.9 Å². The number of hydrogen-bond acceptors (Lipinski definition) is 5. The maximum Gasteiger partial charge on any atom is 0.171 e. The molecule has 1 saturated heterocycles. The predicted molar refractivity (Wildman–Crippen MR) is 161 cm³/mol. The summed E-state index contributed by atoms with van der Waals surface area (Å²) in [6.07, 6.45) is 7.57. The van der Waals surface area contributed by atoms with Crippen LogP contribution in [0.3, 0.4) is 0 Å². The van der Waals surface area contributed by atoms with Gasteiger partial charge < -0.3 is 19.3 Å². The van der Waals surface area contributed by atoms with Crippen molar-refractivity contribution in [2.45, 2.75) is 95.9 Å². The van der Waals surface area contributed by atoms with Crippen LogP contribution in [0.1, 0.15) is 89.2 Å². The van der Waals surface area contributed by atoms with Crippen LogP contribution in [0.15, 0.2) is 42.5 Å². The summed E-state index contributed by atoms with van der Waals surface area (Å²) in [4.78, 5) is 13.5. The Hall–Kier alpha value is -2.21. The molecule has 2 spiro atoms. The quantitative estimate of drug-likeness (QED) is 0.418. The van der Waals surface area contributed by atoms with Crippen molar-refractivity contribution in [1.82, 2.24) is 0 Å². The van der Waals surface area contributed by atoms with E-state index in [2.05, 4.69) is 51.1 Å². The zero-order valence-corrected chi connectivity index (χ0v) is 25.7. The van der Waals surface area contributed by atoms with Gasteiger partial charge in [0, 0.05) is 35.5 Å². The van der Waals surface area contributed by atoms with Crippen LogP contribution in [-0.2, 0) is 20.7 Å². The highest BCUT2D eigenvalue weighted by molar-refractivity contribution is 5.87. The van der Waals surface area contributed by atoms with E-state index in [0.29, 0.717) is 43.2 Å². The molecule has 4 saturated carbocycles. The Morgan fingerprint density at radius 2 is 1.74 bits per heavy atom. The third-order valence-electron chi connectivity index (χ3n) is 13.1. The lowest BCUT2D eigenvalue weighted by molar-refractivity contribution is -0.357. The first kappa shape index (κ1) is 27.3. The Labute approximate surface area is 250 Å². The van der Waals surface area contributed by atoms with Gasteiger partial charge in [0.2, 0.25) is 0 Å². The SMILES string of the molecule is COc1cccc(-c2ccc3c(c2)C[C@]24CCC5(C[C@]2(O)CC[C@@H]2C4C3C[C@]3(C)C(=O)CC[C@@H]23)OCC(C)(C)CO5)c1. The van der Waals surface area contributed by atoms with Crippen LogP contribution in [-0.4, -0.2) is 42.6 Å². The molecule has 5 heteroatoms. The number of hydrogen-bond donors (Lipinski definition) is 1. The van der Waals surface area contributed by atoms with Gasteiger partial charge in [0.25, 0.3) is 0 Å². The molecule has 0 bridgehead atoms. The normalized spacial score (nSPS) is 40.9. The third-order valence-corrected chi connectivity index (χ3v) is 13.1. The number of Topliss-reactive ketones (excluding diaryl/α,β-unsaturated/α-hetero) is 1. The second-order valence-electron chi connectivity index (χ2n) is 15.9. The molecule has 1 aliphatic heterocycles. The molecule has 2 aromatic carbocycles. The molecule has 1 N–H and O–H groups in total. The summed E-state index contributed by atoms with van der Waals surface area (Å²) < 4.78 is 18.6. The number of carbonyl (C=O) groups excluding carboxylic acids is 1. The number of rotatable bonds is 2. The van der Waals surface area contributed by atoms with Crippen molar-refractivity contribution >= 4 is 5.78 Å². The van der Waals surface area contributed by atoms with Gasteiger partial charge in [-0.1, -0.05) is 51.1 Å². The van der Waals surface area contributed by atoms with Crippen molar-refractivity contribution in [3.63, 3.8) is 0 Å². The smallest absolute Gasteiger partial charge is 0.171 e. The number of benzene rings is 2. The Balaban J connectivity index is 1.25. The van der Waals surface area contributed by atoms with Gasteiger partial charge in [-0.2, -0.15) is 0 Å². The maximum absolute atomic E-state index is 13.5. The fraction of sp³-hybridized carbons (Fsp3) is 0.649. The molecule has 1 heterocycles. The van der Waals surface area contributed by atoms with Crippen LogP contribution in [0, 0.1) is 34.0 Å². The monoisotopic (exact) mass is 570 g/mol. The Morgan fingerprint density at radius 1 is 0.952 bits per heavy atom. The lowest BCUT2D eigenvalue weighted by Crippen LogP contribution is -2.70. The van der Waals surface area contributed by atoms with Gasteiger partial charge in [-0.25, -0.2) is 0 Å². The average Bonchev–Trinajstić information content (AvgIpc) is 3.28. The minimum Gasteiger partial charge on any atom is -0.497 e. The fourth-order valence-corrected chi connectivity index (χ4v) is 11.0. The number of ether oxygens (including phenoxy) is 3. The van der Waals surface area contributed by atoms with Crippen LogP contribution in [0.25, 0.3) is 11.1 Å². The van der Waals surface area contributed by atoms with E-state index < -0.39 is 11.4 Å². The molecule has 2 unspecified atom stereocenters. The highest BCUT2D eigenvalue weighted by Gasteiger charge is 2.72. The van der Waals surface area contributed by atoms with E-state index in [1.807, 2.05) is 12.1 Å². The Morgan fingerprint density at radius 3 is 2.52 bits per heavy atom. The summed E-state index contributed by atoms with van der Waals surface area (Å²) in [6.45, 7) is 7.99.